The molecular formula is C8H8BrClN2O2. The van der Waals surface area contributed by atoms with Crippen molar-refractivity contribution < 1.29 is 9.63 Å². The fourth-order valence-corrected chi connectivity index (χ4v) is 1.25. The maximum Gasteiger partial charge on any atom is 0.343 e. The van der Waals surface area contributed by atoms with Crippen LogP contribution in [0.15, 0.2) is 22.7 Å². The normalized spacial score (nSPS) is 9.64. The number of hydrogen-bond acceptors (Lipinski definition) is 2. The summed E-state index contributed by atoms with van der Waals surface area (Å²) in [5.74, 6) is 0. The number of benzene rings is 1. The molecule has 2 amide bonds. The maximum absolute atomic E-state index is 11.0. The number of halogens is 2. The van der Waals surface area contributed by atoms with Crippen molar-refractivity contribution in [1.82, 2.24) is 5.48 Å². The van der Waals surface area contributed by atoms with Gasteiger partial charge in [-0.15, -0.1) is 0 Å². The summed E-state index contributed by atoms with van der Waals surface area (Å²) in [5.41, 5.74) is 2.71. The molecule has 0 aromatic heterocycles. The van der Waals surface area contributed by atoms with Gasteiger partial charge in [-0.05, 0) is 34.1 Å². The molecule has 0 atom stereocenters. The standard InChI is InChI=1S/C8H8BrClN2O2/c1-14-12-8(13)11-5-2-3-6(9)7(10)4-5/h2-4H,1H3,(H2,11,12,13). The molecule has 6 heteroatoms. The molecule has 0 aliphatic rings. The van der Waals surface area contributed by atoms with Crippen LogP contribution < -0.4 is 10.8 Å². The van der Waals surface area contributed by atoms with Gasteiger partial charge in [-0.1, -0.05) is 11.6 Å². The highest BCUT2D eigenvalue weighted by molar-refractivity contribution is 9.10. The number of carbonyl (C=O) groups excluding carboxylic acids is 1. The third-order valence-electron chi connectivity index (χ3n) is 1.37. The van der Waals surface area contributed by atoms with Gasteiger partial charge in [0.05, 0.1) is 12.1 Å². The summed E-state index contributed by atoms with van der Waals surface area (Å²) in [4.78, 5) is 15.4. The molecule has 4 nitrogen and oxygen atoms in total. The van der Waals surface area contributed by atoms with Gasteiger partial charge in [0, 0.05) is 10.2 Å². The average molecular weight is 280 g/mol. The molecule has 0 saturated carbocycles. The number of anilines is 1. The molecule has 2 N–H and O–H groups in total. The maximum atomic E-state index is 11.0. The van der Waals surface area contributed by atoms with Crippen LogP contribution >= 0.6 is 27.5 Å². The molecule has 76 valence electrons. The zero-order valence-corrected chi connectivity index (χ0v) is 9.65. The Morgan fingerprint density at radius 1 is 1.57 bits per heavy atom. The first-order chi connectivity index (χ1) is 6.63. The molecule has 0 bridgehead atoms. The number of carbonyl (C=O) groups is 1. The molecule has 0 unspecified atom stereocenters. The van der Waals surface area contributed by atoms with Crippen molar-refractivity contribution in [1.29, 1.82) is 0 Å². The molecule has 1 rings (SSSR count). The van der Waals surface area contributed by atoms with Crippen molar-refractivity contribution in [3.8, 4) is 0 Å². The van der Waals surface area contributed by atoms with E-state index in [0.717, 1.165) is 4.47 Å². The lowest BCUT2D eigenvalue weighted by atomic mass is 10.3. The van der Waals surface area contributed by atoms with Gasteiger partial charge >= 0.3 is 6.03 Å². The van der Waals surface area contributed by atoms with Crippen LogP contribution in [-0.4, -0.2) is 13.1 Å². The van der Waals surface area contributed by atoms with Crippen molar-refractivity contribution in [2.75, 3.05) is 12.4 Å². The van der Waals surface area contributed by atoms with Gasteiger partial charge in [-0.3, -0.25) is 4.84 Å². The molecular weight excluding hydrogens is 271 g/mol. The van der Waals surface area contributed by atoms with Gasteiger partial charge in [0.1, 0.15) is 0 Å². The molecule has 0 aliphatic heterocycles. The van der Waals surface area contributed by atoms with Crippen LogP contribution in [0.2, 0.25) is 5.02 Å². The van der Waals surface area contributed by atoms with E-state index in [1.165, 1.54) is 7.11 Å². The van der Waals surface area contributed by atoms with Crippen LogP contribution in [0.5, 0.6) is 0 Å². The third-order valence-corrected chi connectivity index (χ3v) is 2.60. The van der Waals surface area contributed by atoms with E-state index in [1.807, 2.05) is 0 Å². The molecule has 0 aliphatic carbocycles. The van der Waals surface area contributed by atoms with E-state index in [-0.39, 0.29) is 0 Å². The molecule has 1 aromatic carbocycles. The van der Waals surface area contributed by atoms with Crippen LogP contribution in [0.4, 0.5) is 10.5 Å². The molecule has 1 aromatic rings. The molecule has 0 fully saturated rings. The monoisotopic (exact) mass is 278 g/mol. The van der Waals surface area contributed by atoms with Crippen LogP contribution in [-0.2, 0) is 4.84 Å². The van der Waals surface area contributed by atoms with Crippen molar-refractivity contribution in [2.45, 2.75) is 0 Å². The first-order valence-electron chi connectivity index (χ1n) is 3.68. The number of hydrogen-bond donors (Lipinski definition) is 2. The number of nitrogens with one attached hydrogen (secondary N) is 2. The largest absolute Gasteiger partial charge is 0.343 e. The summed E-state index contributed by atoms with van der Waals surface area (Å²) < 4.78 is 0.775. The Hall–Kier alpha value is -0.780. The lowest BCUT2D eigenvalue weighted by molar-refractivity contribution is 0.114. The second-order valence-electron chi connectivity index (χ2n) is 2.39. The van der Waals surface area contributed by atoms with Crippen LogP contribution in [0.3, 0.4) is 0 Å². The zero-order chi connectivity index (χ0) is 10.6. The van der Waals surface area contributed by atoms with Crippen molar-refractivity contribution in [3.05, 3.63) is 27.7 Å². The lowest BCUT2D eigenvalue weighted by Crippen LogP contribution is -2.27. The highest BCUT2D eigenvalue weighted by Crippen LogP contribution is 2.25. The Kier molecular flexibility index (Phi) is 4.19. The second-order valence-corrected chi connectivity index (χ2v) is 3.65. The predicted octanol–water partition coefficient (Wildman–Crippen LogP) is 2.79. The quantitative estimate of drug-likeness (QED) is 0.818. The minimum atomic E-state index is -0.453. The Labute approximate surface area is 94.7 Å². The van der Waals surface area contributed by atoms with Crippen molar-refractivity contribution in [2.24, 2.45) is 0 Å². The number of rotatable bonds is 2. The third kappa shape index (κ3) is 3.17. The first kappa shape index (κ1) is 11.3. The molecule has 14 heavy (non-hydrogen) atoms. The van der Waals surface area contributed by atoms with Gasteiger partial charge in [0.15, 0.2) is 0 Å². The van der Waals surface area contributed by atoms with Crippen LogP contribution in [0.1, 0.15) is 0 Å². The van der Waals surface area contributed by atoms with Gasteiger partial charge in [-0.2, -0.15) is 0 Å². The Bertz CT molecular complexity index is 346. The van der Waals surface area contributed by atoms with E-state index in [0.29, 0.717) is 10.7 Å². The van der Waals surface area contributed by atoms with Gasteiger partial charge in [0.2, 0.25) is 0 Å². The lowest BCUT2D eigenvalue weighted by Gasteiger charge is -2.06. The summed E-state index contributed by atoms with van der Waals surface area (Å²) in [5, 5.41) is 3.06. The number of amides is 2. The zero-order valence-electron chi connectivity index (χ0n) is 7.30. The van der Waals surface area contributed by atoms with Gasteiger partial charge in [0.25, 0.3) is 0 Å². The Morgan fingerprint density at radius 3 is 2.86 bits per heavy atom. The summed E-state index contributed by atoms with van der Waals surface area (Å²) in [6.07, 6.45) is 0. The minimum absolute atomic E-state index is 0.453. The number of urea groups is 1. The minimum Gasteiger partial charge on any atom is -0.306 e. The fourth-order valence-electron chi connectivity index (χ4n) is 0.823. The van der Waals surface area contributed by atoms with Crippen LogP contribution in [0.25, 0.3) is 0 Å². The highest BCUT2D eigenvalue weighted by Gasteiger charge is 2.02. The van der Waals surface area contributed by atoms with E-state index in [4.69, 9.17) is 11.6 Å². The molecule has 0 heterocycles. The topological polar surface area (TPSA) is 50.4 Å². The molecule has 0 saturated heterocycles. The summed E-state index contributed by atoms with van der Waals surface area (Å²) in [6, 6.07) is 4.63. The Morgan fingerprint density at radius 2 is 2.29 bits per heavy atom. The fraction of sp³-hybridized carbons (Fsp3) is 0.125. The van der Waals surface area contributed by atoms with E-state index in [2.05, 4.69) is 31.6 Å². The smallest absolute Gasteiger partial charge is 0.306 e. The SMILES string of the molecule is CONC(=O)Nc1ccc(Br)c(Cl)c1. The van der Waals surface area contributed by atoms with Crippen molar-refractivity contribution in [3.63, 3.8) is 0 Å². The molecule has 0 radical (unpaired) electrons. The van der Waals surface area contributed by atoms with Crippen LogP contribution in [0, 0.1) is 0 Å². The number of hydroxylamine groups is 1. The summed E-state index contributed by atoms with van der Waals surface area (Å²) >= 11 is 9.07. The molecule has 0 spiro atoms. The summed E-state index contributed by atoms with van der Waals surface area (Å²) in [7, 11) is 1.36. The first-order valence-corrected chi connectivity index (χ1v) is 4.85. The van der Waals surface area contributed by atoms with E-state index >= 15 is 0 Å². The van der Waals surface area contributed by atoms with E-state index in [9.17, 15) is 4.79 Å². The average Bonchev–Trinajstić information content (AvgIpc) is 2.12. The Balaban J connectivity index is 2.68. The van der Waals surface area contributed by atoms with Gasteiger partial charge < -0.3 is 5.32 Å². The van der Waals surface area contributed by atoms with Gasteiger partial charge in [-0.25, -0.2) is 10.3 Å². The second kappa shape index (κ2) is 5.19. The highest BCUT2D eigenvalue weighted by atomic mass is 79.9. The van der Waals surface area contributed by atoms with E-state index in [1.54, 1.807) is 18.2 Å². The van der Waals surface area contributed by atoms with Crippen molar-refractivity contribution >= 4 is 39.2 Å². The van der Waals surface area contributed by atoms with E-state index < -0.39 is 6.03 Å². The predicted molar refractivity (Wildman–Crippen MR) is 58.3 cm³/mol. The summed E-state index contributed by atoms with van der Waals surface area (Å²) in [6.45, 7) is 0.